The minimum Gasteiger partial charge on any atom is -0.332 e. The van der Waals surface area contributed by atoms with Crippen LogP contribution in [0.4, 0.5) is 0 Å². The molecule has 0 bridgehead atoms. The molecule has 110 valence electrons. The molecule has 2 aromatic rings. The fourth-order valence-electron chi connectivity index (χ4n) is 2.76. The van der Waals surface area contributed by atoms with Gasteiger partial charge in [-0.05, 0) is 37.1 Å². The molecule has 0 unspecified atom stereocenters. The van der Waals surface area contributed by atoms with Crippen LogP contribution in [0.15, 0.2) is 18.2 Å². The third kappa shape index (κ3) is 2.54. The number of aromatic nitrogens is 2. The van der Waals surface area contributed by atoms with Gasteiger partial charge in [0, 0.05) is 19.2 Å². The average molecular weight is 324 g/mol. The van der Waals surface area contributed by atoms with E-state index in [0.717, 1.165) is 17.8 Å². The summed E-state index contributed by atoms with van der Waals surface area (Å²) in [4.78, 5) is 14.4. The third-order valence-electron chi connectivity index (χ3n) is 3.90. The highest BCUT2D eigenvalue weighted by Gasteiger charge is 2.26. The molecule has 0 N–H and O–H groups in total. The number of carbonyl (C=O) groups is 1. The number of fused-ring (bicyclic) bond motifs is 1. The van der Waals surface area contributed by atoms with Crippen molar-refractivity contribution in [2.45, 2.75) is 19.9 Å². The number of hydrogen-bond acceptors (Lipinski definition) is 2. The molecule has 1 aliphatic rings. The van der Waals surface area contributed by atoms with Gasteiger partial charge in [-0.1, -0.05) is 23.2 Å². The van der Waals surface area contributed by atoms with Crippen molar-refractivity contribution >= 4 is 29.1 Å². The first-order chi connectivity index (χ1) is 9.97. The zero-order valence-corrected chi connectivity index (χ0v) is 13.4. The molecule has 21 heavy (non-hydrogen) atoms. The lowest BCUT2D eigenvalue weighted by atomic mass is 10.0. The van der Waals surface area contributed by atoms with Gasteiger partial charge in [0.1, 0.15) is 0 Å². The number of amides is 1. The Morgan fingerprint density at radius 2 is 2.05 bits per heavy atom. The monoisotopic (exact) mass is 323 g/mol. The van der Waals surface area contributed by atoms with Crippen molar-refractivity contribution in [1.82, 2.24) is 14.7 Å². The molecule has 0 aliphatic carbocycles. The van der Waals surface area contributed by atoms with Crippen molar-refractivity contribution in [1.29, 1.82) is 0 Å². The second kappa shape index (κ2) is 5.35. The van der Waals surface area contributed by atoms with E-state index in [-0.39, 0.29) is 5.91 Å². The van der Waals surface area contributed by atoms with Crippen molar-refractivity contribution in [3.8, 4) is 0 Å². The Morgan fingerprint density at radius 1 is 1.29 bits per heavy atom. The summed E-state index contributed by atoms with van der Waals surface area (Å²) in [6, 6.07) is 4.98. The largest absolute Gasteiger partial charge is 0.332 e. The predicted octanol–water partition coefficient (Wildman–Crippen LogP) is 3.23. The fraction of sp³-hybridized carbons (Fsp3) is 0.333. The third-order valence-corrected chi connectivity index (χ3v) is 4.64. The normalized spacial score (nSPS) is 14.2. The number of aryl methyl sites for hydroxylation is 2. The molecule has 1 aliphatic heterocycles. The van der Waals surface area contributed by atoms with Gasteiger partial charge in [0.05, 0.1) is 28.0 Å². The van der Waals surface area contributed by atoms with E-state index in [1.54, 1.807) is 18.2 Å². The number of halogens is 2. The van der Waals surface area contributed by atoms with Crippen LogP contribution in [0.5, 0.6) is 0 Å². The lowest BCUT2D eigenvalue weighted by Crippen LogP contribution is -2.36. The molecule has 3 rings (SSSR count). The Bertz CT molecular complexity index is 724. The summed E-state index contributed by atoms with van der Waals surface area (Å²) in [5, 5.41) is 5.28. The van der Waals surface area contributed by atoms with E-state index in [1.165, 1.54) is 5.56 Å². The first-order valence-corrected chi connectivity index (χ1v) is 7.48. The lowest BCUT2D eigenvalue weighted by Gasteiger charge is -2.27. The van der Waals surface area contributed by atoms with Gasteiger partial charge in [-0.25, -0.2) is 0 Å². The van der Waals surface area contributed by atoms with Crippen molar-refractivity contribution < 1.29 is 4.79 Å². The predicted molar refractivity (Wildman–Crippen MR) is 82.9 cm³/mol. The van der Waals surface area contributed by atoms with Crippen LogP contribution in [-0.4, -0.2) is 27.1 Å². The van der Waals surface area contributed by atoms with Gasteiger partial charge in [-0.15, -0.1) is 0 Å². The van der Waals surface area contributed by atoms with E-state index in [2.05, 4.69) is 5.10 Å². The number of hydrogen-bond donors (Lipinski definition) is 0. The summed E-state index contributed by atoms with van der Waals surface area (Å²) in [6.45, 7) is 3.28. The zero-order valence-electron chi connectivity index (χ0n) is 11.9. The second-order valence-corrected chi connectivity index (χ2v) is 6.05. The van der Waals surface area contributed by atoms with Gasteiger partial charge >= 0.3 is 0 Å². The summed E-state index contributed by atoms with van der Waals surface area (Å²) in [7, 11) is 1.92. The highest BCUT2D eigenvalue weighted by Crippen LogP contribution is 2.26. The molecule has 1 aromatic heterocycles. The Kier molecular flexibility index (Phi) is 3.68. The van der Waals surface area contributed by atoms with Crippen LogP contribution in [-0.2, 0) is 20.0 Å². The molecular weight excluding hydrogens is 309 g/mol. The van der Waals surface area contributed by atoms with E-state index >= 15 is 0 Å². The number of carbonyl (C=O) groups excluding carboxylic acids is 1. The van der Waals surface area contributed by atoms with Crippen molar-refractivity contribution in [2.24, 2.45) is 7.05 Å². The second-order valence-electron chi connectivity index (χ2n) is 5.24. The zero-order chi connectivity index (χ0) is 15.1. The van der Waals surface area contributed by atoms with Gasteiger partial charge in [0.15, 0.2) is 0 Å². The van der Waals surface area contributed by atoms with Gasteiger partial charge in [-0.2, -0.15) is 5.10 Å². The van der Waals surface area contributed by atoms with Crippen LogP contribution in [0.2, 0.25) is 10.0 Å². The maximum Gasteiger partial charge on any atom is 0.254 e. The van der Waals surface area contributed by atoms with Crippen molar-refractivity contribution in [3.63, 3.8) is 0 Å². The van der Waals surface area contributed by atoms with E-state index in [9.17, 15) is 4.79 Å². The molecule has 6 heteroatoms. The SMILES string of the molecule is Cc1nn(C)c2c1CCN(C(=O)c1ccc(Cl)c(Cl)c1)C2. The van der Waals surface area contributed by atoms with Crippen LogP contribution in [0, 0.1) is 6.92 Å². The Morgan fingerprint density at radius 3 is 2.76 bits per heavy atom. The Balaban J connectivity index is 1.87. The van der Waals surface area contributed by atoms with Crippen molar-refractivity contribution in [3.05, 3.63) is 50.8 Å². The van der Waals surface area contributed by atoms with Crippen LogP contribution < -0.4 is 0 Å². The highest BCUT2D eigenvalue weighted by molar-refractivity contribution is 6.42. The van der Waals surface area contributed by atoms with Gasteiger partial charge in [0.2, 0.25) is 0 Å². The number of nitrogens with zero attached hydrogens (tertiary/aromatic N) is 3. The fourth-order valence-corrected chi connectivity index (χ4v) is 3.06. The van der Waals surface area contributed by atoms with E-state index in [4.69, 9.17) is 23.2 Å². The average Bonchev–Trinajstić information content (AvgIpc) is 2.76. The maximum atomic E-state index is 12.6. The standard InChI is InChI=1S/C15H15Cl2N3O/c1-9-11-5-6-20(8-14(11)19(2)18-9)15(21)10-3-4-12(16)13(17)7-10/h3-4,7H,5-6,8H2,1-2H3. The molecule has 0 saturated heterocycles. The molecule has 2 heterocycles. The quantitative estimate of drug-likeness (QED) is 0.808. The molecule has 0 spiro atoms. The summed E-state index contributed by atoms with van der Waals surface area (Å²) >= 11 is 11.9. The van der Waals surface area contributed by atoms with E-state index < -0.39 is 0 Å². The minimum atomic E-state index is -0.0296. The Hall–Kier alpha value is -1.52. The molecule has 4 nitrogen and oxygen atoms in total. The first-order valence-electron chi connectivity index (χ1n) is 6.73. The smallest absolute Gasteiger partial charge is 0.254 e. The van der Waals surface area contributed by atoms with Gasteiger partial charge < -0.3 is 4.90 Å². The van der Waals surface area contributed by atoms with Gasteiger partial charge in [-0.3, -0.25) is 9.48 Å². The molecule has 0 saturated carbocycles. The number of benzene rings is 1. The Labute approximate surface area is 133 Å². The molecule has 0 fully saturated rings. The van der Waals surface area contributed by atoms with Crippen LogP contribution >= 0.6 is 23.2 Å². The molecular formula is C15H15Cl2N3O. The number of rotatable bonds is 1. The van der Waals surface area contributed by atoms with E-state index in [0.29, 0.717) is 28.7 Å². The summed E-state index contributed by atoms with van der Waals surface area (Å²) in [5.74, 6) is -0.0296. The molecule has 1 amide bonds. The van der Waals surface area contributed by atoms with Crippen LogP contribution in [0.1, 0.15) is 27.3 Å². The minimum absolute atomic E-state index is 0.0296. The molecule has 0 radical (unpaired) electrons. The van der Waals surface area contributed by atoms with E-state index in [1.807, 2.05) is 23.6 Å². The maximum absolute atomic E-state index is 12.6. The van der Waals surface area contributed by atoms with Crippen LogP contribution in [0.25, 0.3) is 0 Å². The van der Waals surface area contributed by atoms with Gasteiger partial charge in [0.25, 0.3) is 5.91 Å². The summed E-state index contributed by atoms with van der Waals surface area (Å²) in [5.41, 5.74) is 3.98. The lowest BCUT2D eigenvalue weighted by molar-refractivity contribution is 0.0730. The summed E-state index contributed by atoms with van der Waals surface area (Å²) < 4.78 is 1.86. The first kappa shape index (κ1) is 14.4. The molecule has 0 atom stereocenters. The highest BCUT2D eigenvalue weighted by atomic mass is 35.5. The van der Waals surface area contributed by atoms with Crippen molar-refractivity contribution in [2.75, 3.05) is 6.54 Å². The summed E-state index contributed by atoms with van der Waals surface area (Å²) in [6.07, 6.45) is 0.835. The molecule has 1 aromatic carbocycles. The van der Waals surface area contributed by atoms with Crippen LogP contribution in [0.3, 0.4) is 0 Å². The topological polar surface area (TPSA) is 38.1 Å².